The largest absolute Gasteiger partial charge is 0.469 e. The third-order valence-corrected chi connectivity index (χ3v) is 3.12. The van der Waals surface area contributed by atoms with E-state index in [2.05, 4.69) is 10.2 Å². The number of methoxy groups -OCH3 is 1. The highest BCUT2D eigenvalue weighted by Gasteiger charge is 2.28. The van der Waals surface area contributed by atoms with Crippen molar-refractivity contribution in [3.8, 4) is 0 Å². The van der Waals surface area contributed by atoms with Gasteiger partial charge in [-0.15, -0.1) is 0 Å². The average molecular weight is 263 g/mol. The molecule has 1 fully saturated rings. The molecule has 0 aliphatic carbocycles. The van der Waals surface area contributed by atoms with Crippen molar-refractivity contribution in [1.82, 2.24) is 5.48 Å². The van der Waals surface area contributed by atoms with Gasteiger partial charge in [0.1, 0.15) is 5.84 Å². The van der Waals surface area contributed by atoms with Crippen molar-refractivity contribution in [1.29, 1.82) is 5.41 Å². The molecule has 6 heteroatoms. The minimum Gasteiger partial charge on any atom is -0.469 e. The van der Waals surface area contributed by atoms with Gasteiger partial charge in [0.15, 0.2) is 0 Å². The minimum absolute atomic E-state index is 0.0377. The Hall–Kier alpha value is -1.92. The molecular weight excluding hydrogens is 246 g/mol. The van der Waals surface area contributed by atoms with Crippen molar-refractivity contribution in [3.63, 3.8) is 0 Å². The van der Waals surface area contributed by atoms with E-state index in [1.165, 1.54) is 7.11 Å². The van der Waals surface area contributed by atoms with Crippen LogP contribution in [0.3, 0.4) is 0 Å². The monoisotopic (exact) mass is 263 g/mol. The number of ether oxygens (including phenoxy) is 1. The van der Waals surface area contributed by atoms with Crippen LogP contribution in [0, 0.1) is 5.41 Å². The van der Waals surface area contributed by atoms with Gasteiger partial charge in [-0.1, -0.05) is 24.3 Å². The Morgan fingerprint density at radius 3 is 2.79 bits per heavy atom. The highest BCUT2D eigenvalue weighted by molar-refractivity contribution is 5.94. The molecule has 1 aromatic rings. The van der Waals surface area contributed by atoms with Crippen LogP contribution in [-0.2, 0) is 14.4 Å². The van der Waals surface area contributed by atoms with Gasteiger partial charge in [0.05, 0.1) is 25.7 Å². The summed E-state index contributed by atoms with van der Waals surface area (Å²) in [7, 11) is 1.36. The predicted octanol–water partition coefficient (Wildman–Crippen LogP) is 0.868. The molecule has 1 aromatic carbocycles. The first-order valence-electron chi connectivity index (χ1n) is 6.02. The van der Waals surface area contributed by atoms with Crippen LogP contribution in [-0.4, -0.2) is 25.0 Å². The molecule has 1 saturated heterocycles. The highest BCUT2D eigenvalue weighted by Crippen LogP contribution is 2.27. The molecule has 0 spiro atoms. The van der Waals surface area contributed by atoms with Crippen LogP contribution in [0.2, 0.25) is 0 Å². The summed E-state index contributed by atoms with van der Waals surface area (Å²) in [5.41, 5.74) is 10.0. The minimum atomic E-state index is -0.278. The van der Waals surface area contributed by atoms with E-state index in [9.17, 15) is 4.79 Å². The van der Waals surface area contributed by atoms with Gasteiger partial charge in [-0.3, -0.25) is 15.0 Å². The van der Waals surface area contributed by atoms with Crippen molar-refractivity contribution in [2.45, 2.75) is 25.0 Å². The van der Waals surface area contributed by atoms with Gasteiger partial charge >= 0.3 is 5.97 Å². The standard InChI is InChI=1S/C13H17N3O3/c1-18-12(17)7-10-6-11(16-19-10)8-2-4-9(5-3-8)13(14)15/h2-5,10-11,16H,6-7H2,1H3,(H3,14,15)/t10-,11+/m1/s1. The van der Waals surface area contributed by atoms with Crippen molar-refractivity contribution in [3.05, 3.63) is 35.4 Å². The Kier molecular flexibility index (Phi) is 4.13. The summed E-state index contributed by atoms with van der Waals surface area (Å²) < 4.78 is 4.61. The number of hydroxylamine groups is 1. The lowest BCUT2D eigenvalue weighted by atomic mass is 10.00. The number of hydrogen-bond acceptors (Lipinski definition) is 5. The molecule has 2 rings (SSSR count). The van der Waals surface area contributed by atoms with E-state index in [1.54, 1.807) is 12.1 Å². The summed E-state index contributed by atoms with van der Waals surface area (Å²) in [5.74, 6) is -0.231. The van der Waals surface area contributed by atoms with Crippen molar-refractivity contribution < 1.29 is 14.4 Å². The molecule has 1 aliphatic heterocycles. The van der Waals surface area contributed by atoms with Crippen LogP contribution >= 0.6 is 0 Å². The summed E-state index contributed by atoms with van der Waals surface area (Å²) in [4.78, 5) is 16.5. The second-order valence-electron chi connectivity index (χ2n) is 4.46. The number of carbonyl (C=O) groups excluding carboxylic acids is 1. The number of amidine groups is 1. The van der Waals surface area contributed by atoms with Crippen molar-refractivity contribution in [2.75, 3.05) is 7.11 Å². The maximum absolute atomic E-state index is 11.2. The van der Waals surface area contributed by atoms with Gasteiger partial charge in [-0.05, 0) is 12.0 Å². The molecule has 0 aromatic heterocycles. The number of benzene rings is 1. The first kappa shape index (κ1) is 13.5. The van der Waals surface area contributed by atoms with E-state index in [1.807, 2.05) is 12.1 Å². The summed E-state index contributed by atoms with van der Waals surface area (Å²) in [6.07, 6.45) is 0.769. The normalized spacial score (nSPS) is 22.2. The topological polar surface area (TPSA) is 97.4 Å². The van der Waals surface area contributed by atoms with Crippen LogP contribution in [0.5, 0.6) is 0 Å². The predicted molar refractivity (Wildman–Crippen MR) is 69.5 cm³/mol. The highest BCUT2D eigenvalue weighted by atomic mass is 16.7. The number of esters is 1. The molecule has 4 N–H and O–H groups in total. The lowest BCUT2D eigenvalue weighted by molar-refractivity contribution is -0.143. The maximum Gasteiger partial charge on any atom is 0.308 e. The zero-order chi connectivity index (χ0) is 13.8. The van der Waals surface area contributed by atoms with E-state index < -0.39 is 0 Å². The molecule has 6 nitrogen and oxygen atoms in total. The van der Waals surface area contributed by atoms with Gasteiger partial charge in [0.2, 0.25) is 0 Å². The van der Waals surface area contributed by atoms with Gasteiger partial charge in [0.25, 0.3) is 0 Å². The number of nitrogen functional groups attached to an aromatic ring is 1. The Morgan fingerprint density at radius 1 is 1.53 bits per heavy atom. The average Bonchev–Trinajstić information content (AvgIpc) is 2.87. The molecule has 1 heterocycles. The molecule has 0 radical (unpaired) electrons. The summed E-state index contributed by atoms with van der Waals surface area (Å²) >= 11 is 0. The Bertz CT molecular complexity index is 473. The molecule has 0 bridgehead atoms. The second kappa shape index (κ2) is 5.81. The third-order valence-electron chi connectivity index (χ3n) is 3.12. The Morgan fingerprint density at radius 2 is 2.21 bits per heavy atom. The zero-order valence-electron chi connectivity index (χ0n) is 10.7. The molecule has 0 amide bonds. The van der Waals surface area contributed by atoms with Crippen LogP contribution in [0.15, 0.2) is 24.3 Å². The van der Waals surface area contributed by atoms with Gasteiger partial charge in [-0.25, -0.2) is 0 Å². The van der Waals surface area contributed by atoms with Crippen molar-refractivity contribution >= 4 is 11.8 Å². The van der Waals surface area contributed by atoms with Gasteiger partial charge in [0, 0.05) is 5.56 Å². The van der Waals surface area contributed by atoms with E-state index >= 15 is 0 Å². The maximum atomic E-state index is 11.2. The van der Waals surface area contributed by atoms with Crippen LogP contribution < -0.4 is 11.2 Å². The van der Waals surface area contributed by atoms with E-state index in [0.717, 1.165) is 5.56 Å². The number of hydrogen-bond donors (Lipinski definition) is 3. The van der Waals surface area contributed by atoms with E-state index in [4.69, 9.17) is 16.0 Å². The van der Waals surface area contributed by atoms with E-state index in [-0.39, 0.29) is 30.4 Å². The second-order valence-corrected chi connectivity index (χ2v) is 4.46. The molecule has 2 atom stereocenters. The fraction of sp³-hybridized carbons (Fsp3) is 0.385. The van der Waals surface area contributed by atoms with Gasteiger partial charge < -0.3 is 10.5 Å². The molecule has 0 unspecified atom stereocenters. The Balaban J connectivity index is 1.96. The van der Waals surface area contributed by atoms with E-state index in [0.29, 0.717) is 12.0 Å². The van der Waals surface area contributed by atoms with Crippen LogP contribution in [0.4, 0.5) is 0 Å². The summed E-state index contributed by atoms with van der Waals surface area (Å²) in [6, 6.07) is 7.44. The van der Waals surface area contributed by atoms with Crippen LogP contribution in [0.25, 0.3) is 0 Å². The van der Waals surface area contributed by atoms with Gasteiger partial charge in [-0.2, -0.15) is 5.48 Å². The lowest BCUT2D eigenvalue weighted by Crippen LogP contribution is -2.16. The smallest absolute Gasteiger partial charge is 0.308 e. The first-order chi connectivity index (χ1) is 9.10. The van der Waals surface area contributed by atoms with Crippen molar-refractivity contribution in [2.24, 2.45) is 5.73 Å². The lowest BCUT2D eigenvalue weighted by Gasteiger charge is -2.09. The number of carbonyl (C=O) groups is 1. The quantitative estimate of drug-likeness (QED) is 0.425. The number of nitrogens with one attached hydrogen (secondary N) is 2. The fourth-order valence-corrected chi connectivity index (χ4v) is 2.03. The summed E-state index contributed by atoms with van der Waals surface area (Å²) in [5, 5.41) is 7.33. The van der Waals surface area contributed by atoms with Crippen LogP contribution in [0.1, 0.15) is 30.0 Å². The fourth-order valence-electron chi connectivity index (χ4n) is 2.03. The number of nitrogens with two attached hydrogens (primary N) is 1. The number of rotatable bonds is 4. The molecule has 1 aliphatic rings. The third kappa shape index (κ3) is 3.30. The first-order valence-corrected chi connectivity index (χ1v) is 6.02. The summed E-state index contributed by atoms with van der Waals surface area (Å²) in [6.45, 7) is 0. The molecule has 102 valence electrons. The Labute approximate surface area is 111 Å². The molecule has 19 heavy (non-hydrogen) atoms. The molecular formula is C13H17N3O3. The molecule has 0 saturated carbocycles. The SMILES string of the molecule is COC(=O)C[C@H]1C[C@@H](c2ccc(C(=N)N)cc2)NO1. The zero-order valence-corrected chi connectivity index (χ0v) is 10.7.